The van der Waals surface area contributed by atoms with Crippen molar-refractivity contribution in [2.24, 2.45) is 4.99 Å². The summed E-state index contributed by atoms with van der Waals surface area (Å²) in [5.74, 6) is 3.93. The quantitative estimate of drug-likeness (QED) is 0.601. The first-order valence-corrected chi connectivity index (χ1v) is 9.45. The van der Waals surface area contributed by atoms with Crippen molar-refractivity contribution >= 4 is 5.96 Å². The molecule has 0 saturated heterocycles. The van der Waals surface area contributed by atoms with E-state index in [1.165, 1.54) is 5.56 Å². The van der Waals surface area contributed by atoms with Gasteiger partial charge in [0.2, 0.25) is 12.7 Å². The minimum Gasteiger partial charge on any atom is -0.454 e. The van der Waals surface area contributed by atoms with Gasteiger partial charge in [-0.3, -0.25) is 0 Å². The maximum atomic E-state index is 5.61. The molecule has 1 saturated carbocycles. The molecule has 7 heteroatoms. The second-order valence-corrected chi connectivity index (χ2v) is 7.15. The van der Waals surface area contributed by atoms with Gasteiger partial charge in [0.1, 0.15) is 12.3 Å². The van der Waals surface area contributed by atoms with Gasteiger partial charge in [-0.1, -0.05) is 6.07 Å². The smallest absolute Gasteiger partial charge is 0.231 e. The van der Waals surface area contributed by atoms with Gasteiger partial charge < -0.3 is 24.5 Å². The van der Waals surface area contributed by atoms with E-state index < -0.39 is 0 Å². The zero-order valence-electron chi connectivity index (χ0n) is 16.1. The summed E-state index contributed by atoms with van der Waals surface area (Å²) in [6.07, 6.45) is 2.30. The largest absolute Gasteiger partial charge is 0.454 e. The molecule has 0 spiro atoms. The first kappa shape index (κ1) is 17.7. The molecule has 0 amide bonds. The number of hydrogen-bond donors (Lipinski definition) is 2. The Morgan fingerprint density at radius 2 is 2.00 bits per heavy atom. The molecule has 1 aliphatic heterocycles. The van der Waals surface area contributed by atoms with Crippen LogP contribution in [0, 0.1) is 13.8 Å². The summed E-state index contributed by atoms with van der Waals surface area (Å²) in [4.78, 5) is 9.00. The molecule has 0 atom stereocenters. The first-order chi connectivity index (χ1) is 13.1. The van der Waals surface area contributed by atoms with Gasteiger partial charge in [-0.25, -0.2) is 9.98 Å². The highest BCUT2D eigenvalue weighted by molar-refractivity contribution is 5.79. The zero-order chi connectivity index (χ0) is 18.9. The van der Waals surface area contributed by atoms with E-state index in [2.05, 4.69) is 39.7 Å². The van der Waals surface area contributed by atoms with E-state index in [0.717, 1.165) is 54.8 Å². The summed E-state index contributed by atoms with van der Waals surface area (Å²) in [5.41, 5.74) is 2.33. The van der Waals surface area contributed by atoms with Crippen molar-refractivity contribution in [3.05, 3.63) is 41.1 Å². The van der Waals surface area contributed by atoms with Crippen LogP contribution in [0.25, 0.3) is 0 Å². The van der Waals surface area contributed by atoms with Crippen LogP contribution in [-0.2, 0) is 12.0 Å². The lowest BCUT2D eigenvalue weighted by atomic mass is 9.95. The van der Waals surface area contributed by atoms with Gasteiger partial charge >= 0.3 is 0 Å². The minimum absolute atomic E-state index is 0.132. The number of oxazole rings is 1. The van der Waals surface area contributed by atoms with Crippen LogP contribution in [-0.4, -0.2) is 30.8 Å². The van der Waals surface area contributed by atoms with Crippen LogP contribution in [0.15, 0.2) is 27.6 Å². The van der Waals surface area contributed by atoms with Gasteiger partial charge in [-0.15, -0.1) is 0 Å². The Morgan fingerprint density at radius 1 is 1.19 bits per heavy atom. The van der Waals surface area contributed by atoms with Crippen molar-refractivity contribution in [1.82, 2.24) is 15.6 Å². The highest BCUT2D eigenvalue weighted by Gasteiger charge is 2.44. The van der Waals surface area contributed by atoms with E-state index in [0.29, 0.717) is 19.2 Å². The second-order valence-electron chi connectivity index (χ2n) is 7.15. The Bertz CT molecular complexity index is 835. The molecule has 1 fully saturated rings. The van der Waals surface area contributed by atoms with E-state index >= 15 is 0 Å². The van der Waals surface area contributed by atoms with Gasteiger partial charge in [0, 0.05) is 18.5 Å². The fourth-order valence-corrected chi connectivity index (χ4v) is 3.29. The summed E-state index contributed by atoms with van der Waals surface area (Å²) in [6.45, 7) is 8.26. The number of benzene rings is 1. The van der Waals surface area contributed by atoms with Crippen LogP contribution < -0.4 is 20.1 Å². The Labute approximate surface area is 159 Å². The number of nitrogens with one attached hydrogen (secondary N) is 2. The lowest BCUT2D eigenvalue weighted by molar-refractivity contribution is 0.174. The summed E-state index contributed by atoms with van der Waals surface area (Å²) in [6, 6.07) is 6.26. The number of nitrogens with zero attached hydrogens (tertiary/aromatic N) is 2. The van der Waals surface area contributed by atoms with Crippen LogP contribution >= 0.6 is 0 Å². The standard InChI is InChI=1S/C20H26N4O3/c1-4-21-19(22-10-18-24-13(2)14(3)27-18)23-11-20(7-8-20)15-5-6-16-17(9-15)26-12-25-16/h5-6,9H,4,7-8,10-12H2,1-3H3,(H2,21,22,23). The fourth-order valence-electron chi connectivity index (χ4n) is 3.29. The third-order valence-corrected chi connectivity index (χ3v) is 5.22. The molecule has 2 heterocycles. The molecule has 27 heavy (non-hydrogen) atoms. The van der Waals surface area contributed by atoms with Crippen molar-refractivity contribution in [1.29, 1.82) is 0 Å². The molecule has 2 N–H and O–H groups in total. The number of hydrogen-bond acceptors (Lipinski definition) is 5. The van der Waals surface area contributed by atoms with Gasteiger partial charge in [0.25, 0.3) is 0 Å². The second kappa shape index (κ2) is 7.13. The van der Waals surface area contributed by atoms with Gasteiger partial charge in [-0.2, -0.15) is 0 Å². The number of ether oxygens (including phenoxy) is 2. The number of fused-ring (bicyclic) bond motifs is 1. The van der Waals surface area contributed by atoms with Crippen LogP contribution in [0.1, 0.15) is 42.7 Å². The SMILES string of the molecule is CCNC(=NCc1nc(C)c(C)o1)NCC1(c2ccc3c(c2)OCO3)CC1. The fraction of sp³-hybridized carbons (Fsp3) is 0.500. The van der Waals surface area contributed by atoms with E-state index in [1.54, 1.807) is 0 Å². The number of rotatable bonds is 6. The molecule has 2 aromatic rings. The van der Waals surface area contributed by atoms with Crippen LogP contribution in [0.4, 0.5) is 0 Å². The van der Waals surface area contributed by atoms with E-state index in [-0.39, 0.29) is 5.41 Å². The molecule has 0 unspecified atom stereocenters. The molecular formula is C20H26N4O3. The number of aryl methyl sites for hydroxylation is 2. The molecule has 4 rings (SSSR count). The summed E-state index contributed by atoms with van der Waals surface area (Å²) < 4.78 is 16.6. The Morgan fingerprint density at radius 3 is 2.70 bits per heavy atom. The number of aromatic nitrogens is 1. The maximum Gasteiger partial charge on any atom is 0.231 e. The predicted octanol–water partition coefficient (Wildman–Crippen LogP) is 2.81. The third kappa shape index (κ3) is 3.72. The molecule has 1 aliphatic carbocycles. The molecule has 7 nitrogen and oxygen atoms in total. The molecule has 1 aromatic heterocycles. The lowest BCUT2D eigenvalue weighted by Crippen LogP contribution is -2.41. The Hall–Kier alpha value is -2.70. The summed E-state index contributed by atoms with van der Waals surface area (Å²) in [7, 11) is 0. The van der Waals surface area contributed by atoms with E-state index in [9.17, 15) is 0 Å². The predicted molar refractivity (Wildman–Crippen MR) is 102 cm³/mol. The Balaban J connectivity index is 1.42. The van der Waals surface area contributed by atoms with E-state index in [1.807, 2.05) is 19.9 Å². The summed E-state index contributed by atoms with van der Waals surface area (Å²) in [5, 5.41) is 6.77. The van der Waals surface area contributed by atoms with Crippen LogP contribution in [0.2, 0.25) is 0 Å². The normalized spacial score (nSPS) is 17.1. The van der Waals surface area contributed by atoms with Gasteiger partial charge in [0.15, 0.2) is 17.5 Å². The average molecular weight is 370 g/mol. The topological polar surface area (TPSA) is 80.9 Å². The van der Waals surface area contributed by atoms with Crippen LogP contribution in [0.3, 0.4) is 0 Å². The molecular weight excluding hydrogens is 344 g/mol. The highest BCUT2D eigenvalue weighted by Crippen LogP contribution is 2.49. The van der Waals surface area contributed by atoms with Crippen molar-refractivity contribution in [2.45, 2.75) is 45.6 Å². The number of guanidine groups is 1. The number of aliphatic imine (C=N–C) groups is 1. The molecule has 144 valence electrons. The average Bonchev–Trinajstić information content (AvgIpc) is 3.18. The third-order valence-electron chi connectivity index (χ3n) is 5.22. The molecule has 1 aromatic carbocycles. The maximum absolute atomic E-state index is 5.61. The Kier molecular flexibility index (Phi) is 4.68. The van der Waals surface area contributed by atoms with Crippen molar-refractivity contribution in [3.8, 4) is 11.5 Å². The molecule has 2 aliphatic rings. The minimum atomic E-state index is 0.132. The molecule has 0 bridgehead atoms. The van der Waals surface area contributed by atoms with Gasteiger partial charge in [0.05, 0.1) is 5.69 Å². The van der Waals surface area contributed by atoms with Crippen molar-refractivity contribution < 1.29 is 13.9 Å². The first-order valence-electron chi connectivity index (χ1n) is 9.45. The lowest BCUT2D eigenvalue weighted by Gasteiger charge is -2.19. The molecule has 0 radical (unpaired) electrons. The van der Waals surface area contributed by atoms with E-state index in [4.69, 9.17) is 13.9 Å². The summed E-state index contributed by atoms with van der Waals surface area (Å²) >= 11 is 0. The highest BCUT2D eigenvalue weighted by atomic mass is 16.7. The van der Waals surface area contributed by atoms with Crippen LogP contribution in [0.5, 0.6) is 11.5 Å². The van der Waals surface area contributed by atoms with Crippen molar-refractivity contribution in [3.63, 3.8) is 0 Å². The monoisotopic (exact) mass is 370 g/mol. The van der Waals surface area contributed by atoms with Gasteiger partial charge in [-0.05, 0) is 51.3 Å². The van der Waals surface area contributed by atoms with Crippen molar-refractivity contribution in [2.75, 3.05) is 19.9 Å². The zero-order valence-corrected chi connectivity index (χ0v) is 16.1.